The summed E-state index contributed by atoms with van der Waals surface area (Å²) in [7, 11) is 3.29. The van der Waals surface area contributed by atoms with Gasteiger partial charge in [0.05, 0.1) is 12.7 Å². The molecule has 0 N–H and O–H groups in total. The molecule has 3 rings (SSSR count). The van der Waals surface area contributed by atoms with Gasteiger partial charge in [0, 0.05) is 19.4 Å². The molecule has 1 fully saturated rings. The van der Waals surface area contributed by atoms with E-state index in [-0.39, 0.29) is 18.3 Å². The van der Waals surface area contributed by atoms with E-state index >= 15 is 0 Å². The van der Waals surface area contributed by atoms with Crippen LogP contribution in [-0.2, 0) is 26.3 Å². The Morgan fingerprint density at radius 3 is 2.95 bits per heavy atom. The van der Waals surface area contributed by atoms with Crippen LogP contribution >= 0.6 is 0 Å². The van der Waals surface area contributed by atoms with Crippen LogP contribution in [0, 0.1) is 5.92 Å². The van der Waals surface area contributed by atoms with E-state index in [1.165, 1.54) is 11.1 Å². The normalized spacial score (nSPS) is 28.1. The van der Waals surface area contributed by atoms with Gasteiger partial charge in [-0.05, 0) is 42.5 Å². The number of ether oxygens (including phenoxy) is 3. The first-order chi connectivity index (χ1) is 9.68. The number of benzene rings is 1. The van der Waals surface area contributed by atoms with Gasteiger partial charge >= 0.3 is 0 Å². The third-order valence-electron chi connectivity index (χ3n) is 4.53. The molecule has 0 spiro atoms. The minimum Gasteiger partial charge on any atom is -0.497 e. The largest absolute Gasteiger partial charge is 0.497 e. The number of hydrogen-bond acceptors (Lipinski definition) is 4. The summed E-state index contributed by atoms with van der Waals surface area (Å²) in [6.07, 6.45) is 2.91. The Morgan fingerprint density at radius 2 is 2.20 bits per heavy atom. The van der Waals surface area contributed by atoms with Crippen molar-refractivity contribution in [1.82, 2.24) is 0 Å². The highest BCUT2D eigenvalue weighted by atomic mass is 16.7. The Morgan fingerprint density at radius 1 is 1.35 bits per heavy atom. The molecule has 0 unspecified atom stereocenters. The van der Waals surface area contributed by atoms with Crippen LogP contribution in [0.1, 0.15) is 30.4 Å². The van der Waals surface area contributed by atoms with Crippen molar-refractivity contribution in [1.29, 1.82) is 0 Å². The van der Waals surface area contributed by atoms with Crippen molar-refractivity contribution < 1.29 is 19.0 Å². The van der Waals surface area contributed by atoms with Gasteiger partial charge in [-0.3, -0.25) is 4.79 Å². The molecule has 0 heterocycles. The number of Topliss-reactive ketones (excluding diaryl/α,β-unsaturated/α-hetero) is 1. The van der Waals surface area contributed by atoms with Gasteiger partial charge in [-0.25, -0.2) is 0 Å². The van der Waals surface area contributed by atoms with Gasteiger partial charge in [-0.2, -0.15) is 0 Å². The topological polar surface area (TPSA) is 44.8 Å². The Kier molecular flexibility index (Phi) is 3.52. The Hall–Kier alpha value is -1.39. The van der Waals surface area contributed by atoms with Crippen LogP contribution in [0.3, 0.4) is 0 Å². The molecule has 2 aliphatic carbocycles. The minimum atomic E-state index is -0.367. The average molecular weight is 276 g/mol. The Balaban J connectivity index is 2.03. The number of methoxy groups -OCH3 is 2. The molecule has 108 valence electrons. The first kappa shape index (κ1) is 13.6. The molecule has 0 aliphatic heterocycles. The van der Waals surface area contributed by atoms with E-state index in [1.54, 1.807) is 14.2 Å². The van der Waals surface area contributed by atoms with Gasteiger partial charge in [-0.1, -0.05) is 6.07 Å². The second kappa shape index (κ2) is 5.19. The van der Waals surface area contributed by atoms with E-state index in [4.69, 9.17) is 14.2 Å². The molecular weight excluding hydrogens is 256 g/mol. The van der Waals surface area contributed by atoms with Crippen LogP contribution in [0.4, 0.5) is 0 Å². The molecular formula is C16H20O4. The lowest BCUT2D eigenvalue weighted by Gasteiger charge is -2.45. The van der Waals surface area contributed by atoms with Crippen LogP contribution in [0.15, 0.2) is 18.2 Å². The zero-order valence-corrected chi connectivity index (χ0v) is 12.0. The predicted molar refractivity (Wildman–Crippen MR) is 73.7 cm³/mol. The zero-order chi connectivity index (χ0) is 14.2. The average Bonchev–Trinajstić information content (AvgIpc) is 2.49. The van der Waals surface area contributed by atoms with Crippen LogP contribution in [0.5, 0.6) is 5.75 Å². The maximum atomic E-state index is 12.1. The zero-order valence-electron chi connectivity index (χ0n) is 12.0. The van der Waals surface area contributed by atoms with Crippen LogP contribution < -0.4 is 4.74 Å². The quantitative estimate of drug-likeness (QED) is 0.792. The Labute approximate surface area is 119 Å². The van der Waals surface area contributed by atoms with Gasteiger partial charge in [-0.15, -0.1) is 0 Å². The fourth-order valence-electron chi connectivity index (χ4n) is 3.53. The highest BCUT2D eigenvalue weighted by molar-refractivity contribution is 5.83. The molecule has 0 saturated heterocycles. The van der Waals surface area contributed by atoms with Crippen LogP contribution in [-0.4, -0.2) is 26.8 Å². The van der Waals surface area contributed by atoms with E-state index in [9.17, 15) is 4.79 Å². The van der Waals surface area contributed by atoms with Crippen molar-refractivity contribution in [3.63, 3.8) is 0 Å². The predicted octanol–water partition coefficient (Wildman–Crippen LogP) is 2.44. The molecule has 1 aromatic carbocycles. The summed E-state index contributed by atoms with van der Waals surface area (Å²) >= 11 is 0. The molecule has 2 atom stereocenters. The van der Waals surface area contributed by atoms with Crippen molar-refractivity contribution in [2.75, 3.05) is 21.0 Å². The second-order valence-electron chi connectivity index (χ2n) is 5.64. The monoisotopic (exact) mass is 276 g/mol. The van der Waals surface area contributed by atoms with E-state index in [1.807, 2.05) is 12.1 Å². The van der Waals surface area contributed by atoms with Gasteiger partial charge in [0.1, 0.15) is 18.3 Å². The summed E-state index contributed by atoms with van der Waals surface area (Å²) in [5.74, 6) is 1.26. The third-order valence-corrected chi connectivity index (χ3v) is 4.53. The van der Waals surface area contributed by atoms with Crippen molar-refractivity contribution in [2.45, 2.75) is 31.3 Å². The number of ketones is 1. The first-order valence-electron chi connectivity index (χ1n) is 7.01. The van der Waals surface area contributed by atoms with E-state index in [0.717, 1.165) is 25.0 Å². The maximum Gasteiger partial charge on any atom is 0.147 e. The number of hydrogen-bond donors (Lipinski definition) is 0. The summed E-state index contributed by atoms with van der Waals surface area (Å²) in [5.41, 5.74) is 2.00. The fourth-order valence-corrected chi connectivity index (χ4v) is 3.53. The number of fused-ring (bicyclic) bond motifs is 4. The lowest BCUT2D eigenvalue weighted by molar-refractivity contribution is -0.168. The van der Waals surface area contributed by atoms with E-state index in [0.29, 0.717) is 12.2 Å². The summed E-state index contributed by atoms with van der Waals surface area (Å²) in [6.45, 7) is 0.256. The molecule has 1 saturated carbocycles. The molecule has 0 aromatic heterocycles. The lowest BCUT2D eigenvalue weighted by atomic mass is 9.65. The maximum absolute atomic E-state index is 12.1. The summed E-state index contributed by atoms with van der Waals surface area (Å²) in [4.78, 5) is 12.1. The molecule has 4 heteroatoms. The van der Waals surface area contributed by atoms with Gasteiger partial charge in [0.25, 0.3) is 0 Å². The fraction of sp³-hybridized carbons (Fsp3) is 0.562. The number of carbonyl (C=O) groups is 1. The van der Waals surface area contributed by atoms with E-state index in [2.05, 4.69) is 6.07 Å². The summed E-state index contributed by atoms with van der Waals surface area (Å²) in [6, 6.07) is 6.08. The molecule has 1 aromatic rings. The SMILES string of the molecule is COCO[C@]12CCC(=O)[C@H](Cc3cc(OC)ccc31)C2. The van der Waals surface area contributed by atoms with Crippen molar-refractivity contribution in [2.24, 2.45) is 5.92 Å². The first-order valence-corrected chi connectivity index (χ1v) is 7.01. The highest BCUT2D eigenvalue weighted by Gasteiger charge is 2.47. The minimum absolute atomic E-state index is 0.0696. The van der Waals surface area contributed by atoms with Crippen molar-refractivity contribution in [3.8, 4) is 5.75 Å². The van der Waals surface area contributed by atoms with Gasteiger partial charge in [0.2, 0.25) is 0 Å². The van der Waals surface area contributed by atoms with Crippen molar-refractivity contribution in [3.05, 3.63) is 29.3 Å². The molecule has 0 radical (unpaired) electrons. The number of rotatable bonds is 4. The lowest BCUT2D eigenvalue weighted by Crippen LogP contribution is -2.45. The van der Waals surface area contributed by atoms with E-state index < -0.39 is 0 Å². The van der Waals surface area contributed by atoms with Crippen molar-refractivity contribution >= 4 is 5.78 Å². The smallest absolute Gasteiger partial charge is 0.147 e. The second-order valence-corrected chi connectivity index (χ2v) is 5.64. The Bertz CT molecular complexity index is 525. The molecule has 2 aliphatic rings. The summed E-state index contributed by atoms with van der Waals surface area (Å²) < 4.78 is 16.4. The molecule has 0 amide bonds. The van der Waals surface area contributed by atoms with Crippen LogP contribution in [0.25, 0.3) is 0 Å². The number of carbonyl (C=O) groups excluding carboxylic acids is 1. The molecule has 20 heavy (non-hydrogen) atoms. The molecule has 2 bridgehead atoms. The van der Waals surface area contributed by atoms with Gasteiger partial charge in [0.15, 0.2) is 0 Å². The standard InChI is InChI=1S/C16H20O4/c1-18-10-20-16-6-5-15(17)12(9-16)7-11-8-13(19-2)3-4-14(11)16/h3-4,8,12H,5-7,9-10H2,1-2H3/t12-,16+/m1/s1. The third kappa shape index (κ3) is 2.13. The molecule has 4 nitrogen and oxygen atoms in total. The summed E-state index contributed by atoms with van der Waals surface area (Å²) in [5, 5.41) is 0. The van der Waals surface area contributed by atoms with Gasteiger partial charge < -0.3 is 14.2 Å². The van der Waals surface area contributed by atoms with Crippen LogP contribution in [0.2, 0.25) is 0 Å². The highest BCUT2D eigenvalue weighted by Crippen LogP contribution is 2.48.